The number of hydrogen-bond donors (Lipinski definition) is 2. The van der Waals surface area contributed by atoms with Gasteiger partial charge in [0.05, 0.1) is 13.2 Å². The molecule has 2 amide bonds. The highest BCUT2D eigenvalue weighted by Crippen LogP contribution is 2.32. The summed E-state index contributed by atoms with van der Waals surface area (Å²) in [5.41, 5.74) is 2.01. The van der Waals surface area contributed by atoms with E-state index in [0.29, 0.717) is 29.3 Å². The fraction of sp³-hybridized carbons (Fsp3) is 0.391. The van der Waals surface area contributed by atoms with Crippen LogP contribution in [0, 0.1) is 0 Å². The zero-order valence-electron chi connectivity index (χ0n) is 17.4. The van der Waals surface area contributed by atoms with Crippen LogP contribution in [0.15, 0.2) is 42.5 Å². The molecule has 0 radical (unpaired) electrons. The standard InChI is InChI=1S/C23H28N2O5/c1-28-15-22(26)25-18-7-5-6-16(12-18)14-24-23(27)17-10-11-20(21(13-17)29-2)30-19-8-3-4-9-19/h5-7,10-13,19H,3-4,8-9,14-15H2,1-2H3,(H,24,27)(H,25,26). The van der Waals surface area contributed by atoms with Crippen molar-refractivity contribution < 1.29 is 23.8 Å². The van der Waals surface area contributed by atoms with E-state index in [1.807, 2.05) is 18.2 Å². The second-order valence-electron chi connectivity index (χ2n) is 7.25. The molecule has 0 saturated heterocycles. The zero-order valence-corrected chi connectivity index (χ0v) is 17.4. The number of carbonyl (C=O) groups excluding carboxylic acids is 2. The van der Waals surface area contributed by atoms with Crippen LogP contribution in [-0.2, 0) is 16.1 Å². The zero-order chi connectivity index (χ0) is 21.3. The maximum Gasteiger partial charge on any atom is 0.251 e. The second-order valence-corrected chi connectivity index (χ2v) is 7.25. The van der Waals surface area contributed by atoms with E-state index < -0.39 is 0 Å². The molecule has 7 nitrogen and oxygen atoms in total. The lowest BCUT2D eigenvalue weighted by Crippen LogP contribution is -2.23. The van der Waals surface area contributed by atoms with E-state index in [9.17, 15) is 9.59 Å². The minimum Gasteiger partial charge on any atom is -0.493 e. The molecular weight excluding hydrogens is 384 g/mol. The lowest BCUT2D eigenvalue weighted by Gasteiger charge is -2.16. The molecule has 1 aliphatic rings. The van der Waals surface area contributed by atoms with Crippen LogP contribution in [0.3, 0.4) is 0 Å². The number of anilines is 1. The van der Waals surface area contributed by atoms with E-state index in [4.69, 9.17) is 14.2 Å². The van der Waals surface area contributed by atoms with Crippen LogP contribution >= 0.6 is 0 Å². The molecule has 3 rings (SSSR count). The average Bonchev–Trinajstić information content (AvgIpc) is 3.26. The highest BCUT2D eigenvalue weighted by Gasteiger charge is 2.19. The molecule has 0 unspecified atom stereocenters. The van der Waals surface area contributed by atoms with Crippen LogP contribution in [0.5, 0.6) is 11.5 Å². The first-order chi connectivity index (χ1) is 14.6. The first-order valence-electron chi connectivity index (χ1n) is 10.1. The number of rotatable bonds is 9. The topological polar surface area (TPSA) is 85.9 Å². The molecule has 1 aliphatic carbocycles. The van der Waals surface area contributed by atoms with Crippen molar-refractivity contribution in [3.8, 4) is 11.5 Å². The summed E-state index contributed by atoms with van der Waals surface area (Å²) < 4.78 is 16.3. The number of methoxy groups -OCH3 is 2. The summed E-state index contributed by atoms with van der Waals surface area (Å²) in [6.45, 7) is 0.318. The molecule has 0 aliphatic heterocycles. The lowest BCUT2D eigenvalue weighted by atomic mass is 10.1. The van der Waals surface area contributed by atoms with Gasteiger partial charge < -0.3 is 24.8 Å². The molecule has 2 aromatic rings. The van der Waals surface area contributed by atoms with Gasteiger partial charge in [-0.1, -0.05) is 12.1 Å². The van der Waals surface area contributed by atoms with Gasteiger partial charge in [0.25, 0.3) is 5.91 Å². The number of benzene rings is 2. The van der Waals surface area contributed by atoms with Crippen LogP contribution in [0.4, 0.5) is 5.69 Å². The minimum atomic E-state index is -0.231. The molecule has 0 atom stereocenters. The Hall–Kier alpha value is -3.06. The number of nitrogens with one attached hydrogen (secondary N) is 2. The van der Waals surface area contributed by atoms with Gasteiger partial charge in [-0.3, -0.25) is 9.59 Å². The van der Waals surface area contributed by atoms with Crippen molar-refractivity contribution >= 4 is 17.5 Å². The molecule has 30 heavy (non-hydrogen) atoms. The predicted molar refractivity (Wildman–Crippen MR) is 114 cm³/mol. The Balaban J connectivity index is 1.60. The molecular formula is C23H28N2O5. The first kappa shape index (κ1) is 21.6. The molecule has 1 fully saturated rings. The summed E-state index contributed by atoms with van der Waals surface area (Å²) in [5, 5.41) is 5.64. The highest BCUT2D eigenvalue weighted by molar-refractivity contribution is 5.95. The van der Waals surface area contributed by atoms with Crippen molar-refractivity contribution in [3.05, 3.63) is 53.6 Å². The Labute approximate surface area is 176 Å². The molecule has 2 N–H and O–H groups in total. The molecule has 0 heterocycles. The maximum atomic E-state index is 12.6. The third-order valence-electron chi connectivity index (χ3n) is 4.96. The molecule has 2 aromatic carbocycles. The first-order valence-corrected chi connectivity index (χ1v) is 10.1. The molecule has 7 heteroatoms. The Morgan fingerprint density at radius 2 is 1.83 bits per heavy atom. The van der Waals surface area contributed by atoms with Crippen LogP contribution < -0.4 is 20.1 Å². The van der Waals surface area contributed by atoms with E-state index in [1.54, 1.807) is 31.4 Å². The quantitative estimate of drug-likeness (QED) is 0.658. The Morgan fingerprint density at radius 3 is 2.57 bits per heavy atom. The van der Waals surface area contributed by atoms with Crippen molar-refractivity contribution in [1.82, 2.24) is 5.32 Å². The van der Waals surface area contributed by atoms with E-state index in [1.165, 1.54) is 20.0 Å². The average molecular weight is 412 g/mol. The predicted octanol–water partition coefficient (Wildman–Crippen LogP) is 3.53. The SMILES string of the molecule is COCC(=O)Nc1cccc(CNC(=O)c2ccc(OC3CCCC3)c(OC)c2)c1. The summed E-state index contributed by atoms with van der Waals surface area (Å²) >= 11 is 0. The third-order valence-corrected chi connectivity index (χ3v) is 4.96. The number of hydrogen-bond acceptors (Lipinski definition) is 5. The Morgan fingerprint density at radius 1 is 1.03 bits per heavy atom. The van der Waals surface area contributed by atoms with Crippen molar-refractivity contribution in [2.45, 2.75) is 38.3 Å². The van der Waals surface area contributed by atoms with Gasteiger partial charge in [0.2, 0.25) is 5.91 Å². The van der Waals surface area contributed by atoms with Gasteiger partial charge in [0.15, 0.2) is 11.5 Å². The van der Waals surface area contributed by atoms with Crippen LogP contribution in [0.2, 0.25) is 0 Å². The molecule has 0 aromatic heterocycles. The van der Waals surface area contributed by atoms with Gasteiger partial charge in [-0.15, -0.1) is 0 Å². The molecule has 1 saturated carbocycles. The summed E-state index contributed by atoms with van der Waals surface area (Å²) in [6, 6.07) is 12.5. The van der Waals surface area contributed by atoms with Crippen LogP contribution in [0.1, 0.15) is 41.6 Å². The van der Waals surface area contributed by atoms with Crippen LogP contribution in [0.25, 0.3) is 0 Å². The van der Waals surface area contributed by atoms with Gasteiger partial charge in [-0.25, -0.2) is 0 Å². The van der Waals surface area contributed by atoms with E-state index in [-0.39, 0.29) is 24.5 Å². The molecule has 0 spiro atoms. The second kappa shape index (κ2) is 10.6. The van der Waals surface area contributed by atoms with Gasteiger partial charge in [-0.2, -0.15) is 0 Å². The van der Waals surface area contributed by atoms with Gasteiger partial charge >= 0.3 is 0 Å². The molecule has 0 bridgehead atoms. The lowest BCUT2D eigenvalue weighted by molar-refractivity contribution is -0.119. The van der Waals surface area contributed by atoms with E-state index in [0.717, 1.165) is 18.4 Å². The van der Waals surface area contributed by atoms with Gasteiger partial charge in [0, 0.05) is 24.9 Å². The van der Waals surface area contributed by atoms with Crippen molar-refractivity contribution in [3.63, 3.8) is 0 Å². The van der Waals surface area contributed by atoms with E-state index >= 15 is 0 Å². The van der Waals surface area contributed by atoms with Crippen molar-refractivity contribution in [1.29, 1.82) is 0 Å². The number of ether oxygens (including phenoxy) is 3. The van der Waals surface area contributed by atoms with Gasteiger partial charge in [-0.05, 0) is 61.6 Å². The minimum absolute atomic E-state index is 0.0107. The fourth-order valence-corrected chi connectivity index (χ4v) is 3.46. The highest BCUT2D eigenvalue weighted by atomic mass is 16.5. The smallest absolute Gasteiger partial charge is 0.251 e. The summed E-state index contributed by atoms with van der Waals surface area (Å²) in [7, 11) is 3.04. The van der Waals surface area contributed by atoms with Crippen molar-refractivity contribution in [2.24, 2.45) is 0 Å². The normalized spacial score (nSPS) is 13.7. The van der Waals surface area contributed by atoms with Gasteiger partial charge in [0.1, 0.15) is 6.61 Å². The van der Waals surface area contributed by atoms with Crippen LogP contribution in [-0.4, -0.2) is 38.7 Å². The fourth-order valence-electron chi connectivity index (χ4n) is 3.46. The summed E-state index contributed by atoms with van der Waals surface area (Å²) in [5.74, 6) is 0.776. The Bertz CT molecular complexity index is 878. The summed E-state index contributed by atoms with van der Waals surface area (Å²) in [6.07, 6.45) is 4.69. The summed E-state index contributed by atoms with van der Waals surface area (Å²) in [4.78, 5) is 24.2. The van der Waals surface area contributed by atoms with Crippen molar-refractivity contribution in [2.75, 3.05) is 26.1 Å². The largest absolute Gasteiger partial charge is 0.493 e. The number of carbonyl (C=O) groups is 2. The third kappa shape index (κ3) is 5.97. The number of amides is 2. The monoisotopic (exact) mass is 412 g/mol. The van der Waals surface area contributed by atoms with E-state index in [2.05, 4.69) is 10.6 Å². The molecule has 160 valence electrons. The Kier molecular flexibility index (Phi) is 7.68. The maximum absolute atomic E-state index is 12.6.